The Hall–Kier alpha value is -3.53. The molecule has 2 aromatic heterocycles. The molecule has 4 heterocycles. The third kappa shape index (κ3) is 3.89. The Morgan fingerprint density at radius 2 is 2.25 bits per heavy atom. The molecule has 0 bridgehead atoms. The molecule has 2 aliphatic heterocycles. The Morgan fingerprint density at radius 1 is 1.47 bits per heavy atom. The van der Waals surface area contributed by atoms with Crippen molar-refractivity contribution in [3.05, 3.63) is 28.2 Å². The Kier molecular flexibility index (Phi) is 5.79. The van der Waals surface area contributed by atoms with E-state index in [1.807, 2.05) is 0 Å². The number of β-lactam (4-membered cyclic amide) rings is 1. The number of nitrogens with one attached hydrogen (secondary N) is 1. The van der Waals surface area contributed by atoms with E-state index >= 15 is 0 Å². The lowest BCUT2D eigenvalue weighted by molar-refractivity contribution is -0.150. The molecule has 0 aliphatic carbocycles. The highest BCUT2D eigenvalue weighted by Gasteiger charge is 2.54. The number of oxime groups is 1. The van der Waals surface area contributed by atoms with Crippen molar-refractivity contribution in [2.45, 2.75) is 24.9 Å². The lowest BCUT2D eigenvalue weighted by Gasteiger charge is -2.49. The molecule has 0 aromatic carbocycles. The lowest BCUT2D eigenvalue weighted by Crippen LogP contribution is -2.71. The van der Waals surface area contributed by atoms with Crippen LogP contribution in [0.3, 0.4) is 0 Å². The topological polar surface area (TPSA) is 191 Å². The molecule has 168 valence electrons. The number of carbonyl (C=O) groups is 3. The van der Waals surface area contributed by atoms with Crippen LogP contribution in [0.5, 0.6) is 0 Å². The van der Waals surface area contributed by atoms with E-state index in [4.69, 9.17) is 10.6 Å². The van der Waals surface area contributed by atoms with Gasteiger partial charge in [-0.1, -0.05) is 5.16 Å². The van der Waals surface area contributed by atoms with Crippen LogP contribution in [0.1, 0.15) is 11.5 Å². The molecule has 1 fully saturated rings. The number of fused-ring (bicyclic) bond motifs is 1. The Bertz CT molecular complexity index is 1160. The number of aromatic nitrogens is 5. The summed E-state index contributed by atoms with van der Waals surface area (Å²) in [7, 11) is 1.27. The Balaban J connectivity index is 1.53. The average molecular weight is 480 g/mol. The molecule has 32 heavy (non-hydrogen) atoms. The SMILES string of the molecule is CO/N=C(/C(=O)NC1C(=O)N2C(C(=O)O)=C(Cn3nnc(C)n3)CSC12)c1csc(N)n1. The number of carbonyl (C=O) groups excluding carboxylic acids is 2. The molecule has 2 atom stereocenters. The standard InChI is InChI=1S/C16H17N9O5S2/c1-6-20-23-24(21-6)3-7-4-31-14-10(13(27)25(14)11(7)15(28)29)19-12(26)9(22-30-2)8-5-32-16(17)18-8/h5,10,14H,3-4H2,1-2H3,(H2,17,18)(H,19,26)(H,28,29)/b22-9+. The van der Waals surface area contributed by atoms with E-state index in [0.717, 1.165) is 16.2 Å². The zero-order valence-corrected chi connectivity index (χ0v) is 18.4. The predicted octanol–water partition coefficient (Wildman–Crippen LogP) is -1.19. The number of amides is 2. The number of nitrogens with two attached hydrogens (primary N) is 1. The summed E-state index contributed by atoms with van der Waals surface area (Å²) in [5.74, 6) is -1.74. The molecule has 4 N–H and O–H groups in total. The highest BCUT2D eigenvalue weighted by atomic mass is 32.2. The monoisotopic (exact) mass is 479 g/mol. The van der Waals surface area contributed by atoms with Gasteiger partial charge in [-0.2, -0.15) is 4.80 Å². The molecule has 4 rings (SSSR count). The largest absolute Gasteiger partial charge is 0.477 e. The number of nitrogens with zero attached hydrogens (tertiary/aromatic N) is 7. The van der Waals surface area contributed by atoms with Gasteiger partial charge in [-0.15, -0.1) is 33.3 Å². The van der Waals surface area contributed by atoms with Crippen molar-refractivity contribution in [2.24, 2.45) is 5.16 Å². The normalized spacial score (nSPS) is 20.6. The second-order valence-corrected chi connectivity index (χ2v) is 8.67. The number of rotatable bonds is 7. The van der Waals surface area contributed by atoms with Crippen molar-refractivity contribution in [1.82, 2.24) is 35.4 Å². The number of hydrogen-bond donors (Lipinski definition) is 3. The van der Waals surface area contributed by atoms with E-state index in [2.05, 4.69) is 30.9 Å². The molecule has 0 radical (unpaired) electrons. The summed E-state index contributed by atoms with van der Waals surface area (Å²) in [5, 5.41) is 28.9. The molecule has 2 amide bonds. The van der Waals surface area contributed by atoms with E-state index in [1.165, 1.54) is 29.0 Å². The fraction of sp³-hybridized carbons (Fsp3) is 0.375. The summed E-state index contributed by atoms with van der Waals surface area (Å²) < 4.78 is 0. The van der Waals surface area contributed by atoms with E-state index in [0.29, 0.717) is 17.2 Å². The minimum absolute atomic E-state index is 0.0822. The third-order valence-electron chi connectivity index (χ3n) is 4.58. The van der Waals surface area contributed by atoms with Gasteiger partial charge in [0.1, 0.15) is 29.9 Å². The van der Waals surface area contributed by atoms with Crippen molar-refractivity contribution in [3.63, 3.8) is 0 Å². The number of aryl methyl sites for hydroxylation is 1. The Morgan fingerprint density at radius 3 is 2.84 bits per heavy atom. The zero-order chi connectivity index (χ0) is 23.0. The lowest BCUT2D eigenvalue weighted by atomic mass is 10.0. The van der Waals surface area contributed by atoms with Crippen LogP contribution in [0, 0.1) is 6.92 Å². The zero-order valence-electron chi connectivity index (χ0n) is 16.8. The van der Waals surface area contributed by atoms with Crippen LogP contribution in [0.2, 0.25) is 0 Å². The number of anilines is 1. The first-order chi connectivity index (χ1) is 15.3. The number of hydrogen-bond acceptors (Lipinski definition) is 12. The van der Waals surface area contributed by atoms with E-state index in [-0.39, 0.29) is 28.8 Å². The van der Waals surface area contributed by atoms with Crippen LogP contribution < -0.4 is 11.1 Å². The van der Waals surface area contributed by atoms with E-state index < -0.39 is 29.2 Å². The predicted molar refractivity (Wildman–Crippen MR) is 112 cm³/mol. The van der Waals surface area contributed by atoms with Crippen LogP contribution in [0.4, 0.5) is 5.13 Å². The molecular formula is C16H17N9O5S2. The van der Waals surface area contributed by atoms with Gasteiger partial charge in [0.2, 0.25) is 0 Å². The number of aliphatic carboxylic acids is 1. The van der Waals surface area contributed by atoms with Crippen LogP contribution in [-0.4, -0.2) is 83.0 Å². The summed E-state index contributed by atoms with van der Waals surface area (Å²) in [6.45, 7) is 1.74. The fourth-order valence-electron chi connectivity index (χ4n) is 3.27. The summed E-state index contributed by atoms with van der Waals surface area (Å²) in [6, 6.07) is -0.937. The fourth-order valence-corrected chi connectivity index (χ4v) is 5.15. The molecule has 14 nitrogen and oxygen atoms in total. The van der Waals surface area contributed by atoms with Crippen molar-refractivity contribution in [1.29, 1.82) is 0 Å². The maximum Gasteiger partial charge on any atom is 0.352 e. The number of nitrogen functional groups attached to an aromatic ring is 1. The summed E-state index contributed by atoms with van der Waals surface area (Å²) in [6.07, 6.45) is 0. The summed E-state index contributed by atoms with van der Waals surface area (Å²) in [4.78, 5) is 48.7. The highest BCUT2D eigenvalue weighted by molar-refractivity contribution is 8.00. The number of thioether (sulfide) groups is 1. The first-order valence-electron chi connectivity index (χ1n) is 9.08. The molecule has 0 saturated carbocycles. The van der Waals surface area contributed by atoms with Crippen molar-refractivity contribution in [2.75, 3.05) is 18.6 Å². The first-order valence-corrected chi connectivity index (χ1v) is 11.0. The summed E-state index contributed by atoms with van der Waals surface area (Å²) >= 11 is 2.44. The van der Waals surface area contributed by atoms with Crippen LogP contribution in [0.25, 0.3) is 0 Å². The van der Waals surface area contributed by atoms with Crippen LogP contribution in [-0.2, 0) is 25.8 Å². The van der Waals surface area contributed by atoms with Gasteiger partial charge in [-0.25, -0.2) is 9.78 Å². The van der Waals surface area contributed by atoms with E-state index in [9.17, 15) is 19.5 Å². The smallest absolute Gasteiger partial charge is 0.352 e. The second-order valence-electron chi connectivity index (χ2n) is 6.68. The molecule has 1 saturated heterocycles. The maximum absolute atomic E-state index is 12.8. The van der Waals surface area contributed by atoms with Crippen molar-refractivity contribution < 1.29 is 24.3 Å². The molecule has 2 aliphatic rings. The van der Waals surface area contributed by atoms with Gasteiger partial charge in [-0.05, 0) is 17.7 Å². The molecule has 2 unspecified atom stereocenters. The van der Waals surface area contributed by atoms with E-state index in [1.54, 1.807) is 6.92 Å². The van der Waals surface area contributed by atoms with Gasteiger partial charge in [0.15, 0.2) is 16.7 Å². The van der Waals surface area contributed by atoms with Gasteiger partial charge in [0.05, 0.1) is 6.54 Å². The quantitative estimate of drug-likeness (QED) is 0.246. The number of carboxylic acid groups (broad SMARTS) is 1. The minimum Gasteiger partial charge on any atom is -0.477 e. The summed E-state index contributed by atoms with van der Waals surface area (Å²) in [5.41, 5.74) is 6.00. The Labute approximate surface area is 188 Å². The molecule has 16 heteroatoms. The molecule has 2 aromatic rings. The van der Waals surface area contributed by atoms with Crippen LogP contribution in [0.15, 0.2) is 21.8 Å². The van der Waals surface area contributed by atoms with Crippen molar-refractivity contribution >= 4 is 51.7 Å². The highest BCUT2D eigenvalue weighted by Crippen LogP contribution is 2.40. The molecule has 0 spiro atoms. The van der Waals surface area contributed by atoms with Gasteiger partial charge in [-0.3, -0.25) is 14.5 Å². The van der Waals surface area contributed by atoms with Gasteiger partial charge in [0.25, 0.3) is 11.8 Å². The second kappa shape index (κ2) is 8.54. The molecular weight excluding hydrogens is 462 g/mol. The van der Waals surface area contributed by atoms with Crippen molar-refractivity contribution in [3.8, 4) is 0 Å². The minimum atomic E-state index is -1.25. The first kappa shape index (κ1) is 21.7. The van der Waals surface area contributed by atoms with Gasteiger partial charge >= 0.3 is 5.97 Å². The number of carboxylic acids is 1. The maximum atomic E-state index is 12.8. The number of tetrazole rings is 1. The van der Waals surface area contributed by atoms with Gasteiger partial charge in [0, 0.05) is 11.1 Å². The third-order valence-corrected chi connectivity index (χ3v) is 6.60. The average Bonchev–Trinajstić information content (AvgIpc) is 3.37. The van der Waals surface area contributed by atoms with Crippen LogP contribution >= 0.6 is 23.1 Å². The number of thiazole rings is 1. The van der Waals surface area contributed by atoms with Gasteiger partial charge < -0.3 is 21.0 Å².